The van der Waals surface area contributed by atoms with Gasteiger partial charge < -0.3 is 15.4 Å². The molecule has 1 rings (SSSR count). The second-order valence-corrected chi connectivity index (χ2v) is 3.52. The third-order valence-corrected chi connectivity index (χ3v) is 2.19. The van der Waals surface area contributed by atoms with Crippen LogP contribution in [-0.2, 0) is 14.3 Å². The molecule has 1 aromatic carbocycles. The Balaban J connectivity index is 2.49. The average Bonchev–Trinajstić information content (AvgIpc) is 2.32. The number of carbonyl (C=O) groups is 2. The van der Waals surface area contributed by atoms with E-state index >= 15 is 0 Å². The molecule has 0 spiro atoms. The lowest BCUT2D eigenvalue weighted by Crippen LogP contribution is -2.37. The van der Waals surface area contributed by atoms with E-state index in [1.54, 1.807) is 12.1 Å². The number of carbonyl (C=O) groups excluding carboxylic acids is 2. The van der Waals surface area contributed by atoms with Crippen LogP contribution in [0.5, 0.6) is 0 Å². The molecule has 0 heterocycles. The maximum Gasteiger partial charge on any atom is 0.313 e. The Kier molecular flexibility index (Phi) is 5.16. The van der Waals surface area contributed by atoms with Crippen molar-refractivity contribution < 1.29 is 14.3 Å². The van der Waals surface area contributed by atoms with E-state index in [0.29, 0.717) is 18.8 Å². The Morgan fingerprint density at radius 3 is 2.59 bits per heavy atom. The van der Waals surface area contributed by atoms with Crippen LogP contribution in [0.2, 0.25) is 0 Å². The van der Waals surface area contributed by atoms with Crippen LogP contribution in [0.4, 0.5) is 5.69 Å². The zero-order valence-electron chi connectivity index (χ0n) is 9.95. The highest BCUT2D eigenvalue weighted by Gasteiger charge is 2.13. The SMILES string of the molecule is COCCNC(=O)C(=O)Nc1ccccc1C. The molecule has 0 saturated carbocycles. The maximum atomic E-state index is 11.5. The van der Waals surface area contributed by atoms with Gasteiger partial charge in [0.2, 0.25) is 0 Å². The minimum absolute atomic E-state index is 0.316. The van der Waals surface area contributed by atoms with E-state index in [0.717, 1.165) is 5.56 Å². The van der Waals surface area contributed by atoms with Crippen LogP contribution >= 0.6 is 0 Å². The number of methoxy groups -OCH3 is 1. The first-order chi connectivity index (χ1) is 8.15. The lowest BCUT2D eigenvalue weighted by atomic mass is 10.2. The Labute approximate surface area is 100 Å². The Morgan fingerprint density at radius 2 is 1.94 bits per heavy atom. The summed E-state index contributed by atoms with van der Waals surface area (Å²) in [7, 11) is 1.53. The van der Waals surface area contributed by atoms with Gasteiger partial charge in [-0.3, -0.25) is 9.59 Å². The number of nitrogens with one attached hydrogen (secondary N) is 2. The number of anilines is 1. The predicted octanol–water partition coefficient (Wildman–Crippen LogP) is 0.696. The van der Waals surface area contributed by atoms with Crippen LogP contribution < -0.4 is 10.6 Å². The molecule has 0 radical (unpaired) electrons. The Hall–Kier alpha value is -1.88. The van der Waals surface area contributed by atoms with Gasteiger partial charge in [-0.2, -0.15) is 0 Å². The number of para-hydroxylation sites is 1. The minimum Gasteiger partial charge on any atom is -0.383 e. The van der Waals surface area contributed by atoms with Gasteiger partial charge in [0.15, 0.2) is 0 Å². The molecule has 17 heavy (non-hydrogen) atoms. The highest BCUT2D eigenvalue weighted by atomic mass is 16.5. The monoisotopic (exact) mass is 236 g/mol. The molecule has 2 amide bonds. The van der Waals surface area contributed by atoms with Crippen molar-refractivity contribution in [2.24, 2.45) is 0 Å². The Bertz CT molecular complexity index is 404. The third kappa shape index (κ3) is 4.24. The largest absolute Gasteiger partial charge is 0.383 e. The summed E-state index contributed by atoms with van der Waals surface area (Å²) in [6.07, 6.45) is 0. The molecule has 0 bridgehead atoms. The predicted molar refractivity (Wildman–Crippen MR) is 64.7 cm³/mol. The van der Waals surface area contributed by atoms with Gasteiger partial charge in [-0.15, -0.1) is 0 Å². The lowest BCUT2D eigenvalue weighted by molar-refractivity contribution is -0.136. The van der Waals surface area contributed by atoms with E-state index in [9.17, 15) is 9.59 Å². The molecule has 5 nitrogen and oxygen atoms in total. The van der Waals surface area contributed by atoms with Gasteiger partial charge in [-0.25, -0.2) is 0 Å². The zero-order chi connectivity index (χ0) is 12.7. The van der Waals surface area contributed by atoms with Crippen molar-refractivity contribution in [3.63, 3.8) is 0 Å². The van der Waals surface area contributed by atoms with E-state index in [1.165, 1.54) is 7.11 Å². The van der Waals surface area contributed by atoms with Gasteiger partial charge in [-0.1, -0.05) is 18.2 Å². The summed E-state index contributed by atoms with van der Waals surface area (Å²) in [6, 6.07) is 7.27. The van der Waals surface area contributed by atoms with E-state index in [2.05, 4.69) is 10.6 Å². The molecule has 1 aromatic rings. The molecular weight excluding hydrogens is 220 g/mol. The number of hydrogen-bond donors (Lipinski definition) is 2. The fraction of sp³-hybridized carbons (Fsp3) is 0.333. The van der Waals surface area contributed by atoms with Crippen molar-refractivity contribution >= 4 is 17.5 Å². The van der Waals surface area contributed by atoms with Gasteiger partial charge in [-0.05, 0) is 18.6 Å². The van der Waals surface area contributed by atoms with Crippen LogP contribution in [0.25, 0.3) is 0 Å². The number of benzene rings is 1. The first kappa shape index (κ1) is 13.2. The summed E-state index contributed by atoms with van der Waals surface area (Å²) in [5.74, 6) is -1.33. The first-order valence-electron chi connectivity index (χ1n) is 5.29. The van der Waals surface area contributed by atoms with Crippen LogP contribution in [0.15, 0.2) is 24.3 Å². The fourth-order valence-electron chi connectivity index (χ4n) is 1.24. The second kappa shape index (κ2) is 6.65. The van der Waals surface area contributed by atoms with Crippen LogP contribution in [0.1, 0.15) is 5.56 Å². The number of rotatable bonds is 4. The number of hydrogen-bond acceptors (Lipinski definition) is 3. The summed E-state index contributed by atoms with van der Waals surface area (Å²) < 4.78 is 4.76. The summed E-state index contributed by atoms with van der Waals surface area (Å²) in [4.78, 5) is 22.8. The lowest BCUT2D eigenvalue weighted by Gasteiger charge is -2.08. The summed E-state index contributed by atoms with van der Waals surface area (Å²) >= 11 is 0. The first-order valence-corrected chi connectivity index (χ1v) is 5.29. The van der Waals surface area contributed by atoms with Crippen LogP contribution in [-0.4, -0.2) is 32.1 Å². The highest BCUT2D eigenvalue weighted by molar-refractivity contribution is 6.39. The van der Waals surface area contributed by atoms with E-state index in [1.807, 2.05) is 19.1 Å². The van der Waals surface area contributed by atoms with Crippen molar-refractivity contribution in [2.75, 3.05) is 25.6 Å². The van der Waals surface area contributed by atoms with Crippen molar-refractivity contribution in [3.8, 4) is 0 Å². The van der Waals surface area contributed by atoms with Crippen molar-refractivity contribution in [3.05, 3.63) is 29.8 Å². The minimum atomic E-state index is -0.671. The molecule has 0 aliphatic carbocycles. The molecule has 0 unspecified atom stereocenters. The van der Waals surface area contributed by atoms with E-state index in [-0.39, 0.29) is 0 Å². The van der Waals surface area contributed by atoms with Gasteiger partial charge in [0.25, 0.3) is 0 Å². The van der Waals surface area contributed by atoms with Crippen LogP contribution in [0, 0.1) is 6.92 Å². The quantitative estimate of drug-likeness (QED) is 0.597. The highest BCUT2D eigenvalue weighted by Crippen LogP contribution is 2.12. The molecule has 0 aliphatic heterocycles. The molecular formula is C12H16N2O3. The standard InChI is InChI=1S/C12H16N2O3/c1-9-5-3-4-6-10(9)14-12(16)11(15)13-7-8-17-2/h3-6H,7-8H2,1-2H3,(H,13,15)(H,14,16). The summed E-state index contributed by atoms with van der Waals surface area (Å²) in [5, 5.41) is 4.99. The van der Waals surface area contributed by atoms with Crippen molar-refractivity contribution in [1.29, 1.82) is 0 Å². The van der Waals surface area contributed by atoms with Gasteiger partial charge in [0, 0.05) is 19.3 Å². The molecule has 0 atom stereocenters. The van der Waals surface area contributed by atoms with Crippen molar-refractivity contribution in [2.45, 2.75) is 6.92 Å². The topological polar surface area (TPSA) is 67.4 Å². The normalized spacial score (nSPS) is 9.76. The van der Waals surface area contributed by atoms with Gasteiger partial charge in [0.05, 0.1) is 6.61 Å². The molecule has 5 heteroatoms. The number of amides is 2. The van der Waals surface area contributed by atoms with Gasteiger partial charge in [0.1, 0.15) is 0 Å². The molecule has 0 saturated heterocycles. The molecule has 92 valence electrons. The summed E-state index contributed by atoms with van der Waals surface area (Å²) in [6.45, 7) is 2.55. The maximum absolute atomic E-state index is 11.5. The van der Waals surface area contributed by atoms with E-state index < -0.39 is 11.8 Å². The number of ether oxygens (including phenoxy) is 1. The van der Waals surface area contributed by atoms with Crippen LogP contribution in [0.3, 0.4) is 0 Å². The number of aryl methyl sites for hydroxylation is 1. The third-order valence-electron chi connectivity index (χ3n) is 2.19. The molecule has 0 aliphatic rings. The van der Waals surface area contributed by atoms with Gasteiger partial charge >= 0.3 is 11.8 Å². The molecule has 0 fully saturated rings. The summed E-state index contributed by atoms with van der Waals surface area (Å²) in [5.41, 5.74) is 1.55. The average molecular weight is 236 g/mol. The second-order valence-electron chi connectivity index (χ2n) is 3.52. The zero-order valence-corrected chi connectivity index (χ0v) is 9.95. The molecule has 0 aromatic heterocycles. The van der Waals surface area contributed by atoms with E-state index in [4.69, 9.17) is 4.74 Å². The Morgan fingerprint density at radius 1 is 1.24 bits per heavy atom. The van der Waals surface area contributed by atoms with Crippen molar-refractivity contribution in [1.82, 2.24) is 5.32 Å². The smallest absolute Gasteiger partial charge is 0.313 e. The fourth-order valence-corrected chi connectivity index (χ4v) is 1.24. The molecule has 2 N–H and O–H groups in total.